The normalized spacial score (nSPS) is 10.4. The molecule has 0 saturated carbocycles. The van der Waals surface area contributed by atoms with E-state index in [-0.39, 0.29) is 43.1 Å². The van der Waals surface area contributed by atoms with Crippen LogP contribution in [-0.4, -0.2) is 37.7 Å². The summed E-state index contributed by atoms with van der Waals surface area (Å²) >= 11 is 0. The Morgan fingerprint density at radius 2 is 0.679 bits per heavy atom. The summed E-state index contributed by atoms with van der Waals surface area (Å²) in [5, 5.41) is 0. The van der Waals surface area contributed by atoms with Crippen LogP contribution in [0.5, 0.6) is 0 Å². The molecule has 0 heterocycles. The standard InChI is InChI=1S/C26H22.2Li.2H/c1-5-13-22(14-6-1)21-26(23-15-7-2-8-16-23,24-17-9-3-10-18-24)25-19-11-4-12-20-25;;;;/h1-20H,21H2;;;;. The minimum absolute atomic E-state index is 0. The topological polar surface area (TPSA) is 0 Å². The molecule has 4 rings (SSSR count). The van der Waals surface area contributed by atoms with E-state index >= 15 is 0 Å². The molecule has 0 fully saturated rings. The molecular formula is C26H24Li2. The predicted molar refractivity (Wildman–Crippen MR) is 124 cm³/mol. The number of rotatable bonds is 5. The molecular weight excluding hydrogens is 326 g/mol. The third-order valence-corrected chi connectivity index (χ3v) is 5.11. The van der Waals surface area contributed by atoms with Gasteiger partial charge in [0, 0.05) is 5.41 Å². The first-order chi connectivity index (χ1) is 12.9. The summed E-state index contributed by atoms with van der Waals surface area (Å²) in [4.78, 5) is 0. The Bertz CT molecular complexity index is 840. The van der Waals surface area contributed by atoms with Crippen LogP contribution in [0.1, 0.15) is 22.3 Å². The van der Waals surface area contributed by atoms with Gasteiger partial charge in [0.05, 0.1) is 0 Å². The first-order valence-corrected chi connectivity index (χ1v) is 9.10. The van der Waals surface area contributed by atoms with Crippen molar-refractivity contribution >= 4 is 37.7 Å². The van der Waals surface area contributed by atoms with Crippen molar-refractivity contribution in [2.45, 2.75) is 11.8 Å². The Kier molecular flexibility index (Phi) is 8.45. The fraction of sp³-hybridized carbons (Fsp3) is 0.0769. The van der Waals surface area contributed by atoms with Crippen LogP contribution in [0.3, 0.4) is 0 Å². The molecule has 0 unspecified atom stereocenters. The summed E-state index contributed by atoms with van der Waals surface area (Å²) in [5.74, 6) is 0. The Morgan fingerprint density at radius 3 is 1.00 bits per heavy atom. The molecule has 0 spiro atoms. The zero-order chi connectivity index (χ0) is 17.7. The van der Waals surface area contributed by atoms with Crippen molar-refractivity contribution in [1.82, 2.24) is 0 Å². The molecule has 0 aliphatic carbocycles. The van der Waals surface area contributed by atoms with Crippen LogP contribution in [0.25, 0.3) is 0 Å². The molecule has 0 aliphatic heterocycles. The van der Waals surface area contributed by atoms with Crippen LogP contribution in [0.2, 0.25) is 0 Å². The molecule has 0 aromatic heterocycles. The Balaban J connectivity index is 0.00000140. The average molecular weight is 350 g/mol. The molecule has 0 nitrogen and oxygen atoms in total. The Morgan fingerprint density at radius 1 is 0.393 bits per heavy atom. The van der Waals surface area contributed by atoms with Crippen LogP contribution < -0.4 is 0 Å². The second-order valence-electron chi connectivity index (χ2n) is 6.67. The maximum atomic E-state index is 2.25. The van der Waals surface area contributed by atoms with Gasteiger partial charge in [-0.1, -0.05) is 121 Å². The van der Waals surface area contributed by atoms with Crippen molar-refractivity contribution in [1.29, 1.82) is 0 Å². The molecule has 0 aliphatic rings. The van der Waals surface area contributed by atoms with Gasteiger partial charge in [-0.2, -0.15) is 0 Å². The molecule has 0 saturated heterocycles. The van der Waals surface area contributed by atoms with Gasteiger partial charge in [-0.05, 0) is 28.7 Å². The minimum atomic E-state index is -0.217. The van der Waals surface area contributed by atoms with Crippen LogP contribution in [0.15, 0.2) is 121 Å². The predicted octanol–water partition coefficient (Wildman–Crippen LogP) is 4.97. The van der Waals surface area contributed by atoms with Crippen LogP contribution in [0, 0.1) is 0 Å². The zero-order valence-electron chi connectivity index (χ0n) is 14.8. The van der Waals surface area contributed by atoms with Gasteiger partial charge in [-0.25, -0.2) is 0 Å². The van der Waals surface area contributed by atoms with Crippen molar-refractivity contribution in [3.05, 3.63) is 144 Å². The van der Waals surface area contributed by atoms with E-state index in [1.54, 1.807) is 0 Å². The molecule has 4 aromatic carbocycles. The smallest absolute Gasteiger partial charge is 0.0491 e. The van der Waals surface area contributed by atoms with Crippen molar-refractivity contribution < 1.29 is 0 Å². The molecule has 0 amide bonds. The van der Waals surface area contributed by atoms with Gasteiger partial charge in [0.2, 0.25) is 0 Å². The summed E-state index contributed by atoms with van der Waals surface area (Å²) in [7, 11) is 0. The molecule has 0 N–H and O–H groups in total. The maximum Gasteiger partial charge on any atom is 0.0491 e. The van der Waals surface area contributed by atoms with Crippen LogP contribution in [0.4, 0.5) is 0 Å². The monoisotopic (exact) mass is 350 g/mol. The maximum absolute atomic E-state index is 2.25. The van der Waals surface area contributed by atoms with E-state index in [9.17, 15) is 0 Å². The average Bonchev–Trinajstić information content (AvgIpc) is 2.75. The molecule has 0 atom stereocenters. The van der Waals surface area contributed by atoms with E-state index in [1.807, 2.05) is 0 Å². The van der Waals surface area contributed by atoms with E-state index in [2.05, 4.69) is 121 Å². The summed E-state index contributed by atoms with van der Waals surface area (Å²) in [6, 6.07) is 43.4. The third-order valence-electron chi connectivity index (χ3n) is 5.11. The Labute approximate surface area is 192 Å². The summed E-state index contributed by atoms with van der Waals surface area (Å²) in [6.45, 7) is 0. The minimum Gasteiger partial charge on any atom is -0.0622 e. The van der Waals surface area contributed by atoms with Gasteiger partial charge in [-0.3, -0.25) is 0 Å². The SMILES string of the molecule is [LiH].[LiH].c1ccc(CC(c2ccccc2)(c2ccccc2)c2ccccc2)cc1. The van der Waals surface area contributed by atoms with Crippen molar-refractivity contribution in [2.24, 2.45) is 0 Å². The third kappa shape index (κ3) is 4.55. The fourth-order valence-electron chi connectivity index (χ4n) is 3.88. The van der Waals surface area contributed by atoms with Gasteiger partial charge in [0.15, 0.2) is 0 Å². The fourth-order valence-corrected chi connectivity index (χ4v) is 3.88. The molecule has 4 aromatic rings. The number of hydrogen-bond acceptors (Lipinski definition) is 0. The molecule has 130 valence electrons. The van der Waals surface area contributed by atoms with Crippen molar-refractivity contribution in [3.63, 3.8) is 0 Å². The van der Waals surface area contributed by atoms with Crippen LogP contribution >= 0.6 is 0 Å². The second kappa shape index (κ2) is 10.6. The van der Waals surface area contributed by atoms with Gasteiger partial charge >= 0.3 is 37.7 Å². The summed E-state index contributed by atoms with van der Waals surface area (Å²) in [5.41, 5.74) is 5.08. The number of benzene rings is 4. The van der Waals surface area contributed by atoms with Crippen LogP contribution in [-0.2, 0) is 11.8 Å². The summed E-state index contributed by atoms with van der Waals surface area (Å²) in [6.07, 6.45) is 0.922. The molecule has 0 bridgehead atoms. The van der Waals surface area contributed by atoms with E-state index in [0.717, 1.165) is 6.42 Å². The zero-order valence-corrected chi connectivity index (χ0v) is 14.8. The van der Waals surface area contributed by atoms with E-state index in [0.29, 0.717) is 0 Å². The van der Waals surface area contributed by atoms with E-state index < -0.39 is 0 Å². The van der Waals surface area contributed by atoms with E-state index in [4.69, 9.17) is 0 Å². The number of hydrogen-bond donors (Lipinski definition) is 0. The quantitative estimate of drug-likeness (QED) is 0.352. The van der Waals surface area contributed by atoms with E-state index in [1.165, 1.54) is 22.3 Å². The molecule has 0 radical (unpaired) electrons. The van der Waals surface area contributed by atoms with Gasteiger partial charge in [0.1, 0.15) is 0 Å². The largest absolute Gasteiger partial charge is 0.0622 e. The first-order valence-electron chi connectivity index (χ1n) is 9.10. The summed E-state index contributed by atoms with van der Waals surface area (Å²) < 4.78 is 0. The van der Waals surface area contributed by atoms with Gasteiger partial charge < -0.3 is 0 Å². The second-order valence-corrected chi connectivity index (χ2v) is 6.67. The first kappa shape index (κ1) is 22.4. The van der Waals surface area contributed by atoms with Crippen molar-refractivity contribution in [3.8, 4) is 0 Å². The molecule has 28 heavy (non-hydrogen) atoms. The van der Waals surface area contributed by atoms with Gasteiger partial charge in [0.25, 0.3) is 0 Å². The molecule has 2 heteroatoms. The van der Waals surface area contributed by atoms with Crippen molar-refractivity contribution in [2.75, 3.05) is 0 Å². The Hall–Kier alpha value is -1.93. The van der Waals surface area contributed by atoms with Gasteiger partial charge in [-0.15, -0.1) is 0 Å².